The summed E-state index contributed by atoms with van der Waals surface area (Å²) >= 11 is 6.22. The van der Waals surface area contributed by atoms with Crippen LogP contribution in [-0.2, 0) is 0 Å². The highest BCUT2D eigenvalue weighted by Gasteiger charge is 2.20. The minimum atomic E-state index is 0.733. The van der Waals surface area contributed by atoms with Crippen LogP contribution in [0.25, 0.3) is 0 Å². The van der Waals surface area contributed by atoms with Crippen molar-refractivity contribution in [3.63, 3.8) is 0 Å². The van der Waals surface area contributed by atoms with Crippen molar-refractivity contribution in [2.24, 2.45) is 0 Å². The molecule has 0 atom stereocenters. The van der Waals surface area contributed by atoms with E-state index in [4.69, 9.17) is 11.6 Å². The summed E-state index contributed by atoms with van der Waals surface area (Å²) in [6, 6.07) is 12.3. The van der Waals surface area contributed by atoms with Gasteiger partial charge in [0.2, 0.25) is 0 Å². The van der Waals surface area contributed by atoms with Crippen molar-refractivity contribution in [2.45, 2.75) is 6.92 Å². The SMILES string of the molecule is Cc1ccccc1N1CCN(c2ncccc2Cl)CC1. The van der Waals surface area contributed by atoms with Gasteiger partial charge in [-0.2, -0.15) is 0 Å². The topological polar surface area (TPSA) is 19.4 Å². The molecule has 2 heterocycles. The molecule has 1 aliphatic heterocycles. The fourth-order valence-electron chi connectivity index (χ4n) is 2.69. The van der Waals surface area contributed by atoms with Crippen molar-refractivity contribution in [3.05, 3.63) is 53.2 Å². The van der Waals surface area contributed by atoms with Crippen LogP contribution in [0.5, 0.6) is 0 Å². The highest BCUT2D eigenvalue weighted by Crippen LogP contribution is 2.26. The number of rotatable bonds is 2. The molecule has 3 nitrogen and oxygen atoms in total. The molecule has 20 heavy (non-hydrogen) atoms. The van der Waals surface area contributed by atoms with Crippen molar-refractivity contribution in [1.82, 2.24) is 4.98 Å². The highest BCUT2D eigenvalue weighted by atomic mass is 35.5. The number of benzene rings is 1. The molecule has 0 aliphatic carbocycles. The van der Waals surface area contributed by atoms with Gasteiger partial charge in [-0.3, -0.25) is 0 Å². The predicted octanol–water partition coefficient (Wildman–Crippen LogP) is 3.37. The second-order valence-corrected chi connectivity index (χ2v) is 5.48. The summed E-state index contributed by atoms with van der Waals surface area (Å²) in [6.07, 6.45) is 1.80. The summed E-state index contributed by atoms with van der Waals surface area (Å²) < 4.78 is 0. The lowest BCUT2D eigenvalue weighted by atomic mass is 10.1. The maximum absolute atomic E-state index is 6.22. The lowest BCUT2D eigenvalue weighted by Crippen LogP contribution is -2.47. The Kier molecular flexibility index (Phi) is 3.79. The molecule has 0 unspecified atom stereocenters. The van der Waals surface area contributed by atoms with E-state index < -0.39 is 0 Å². The number of hydrogen-bond acceptors (Lipinski definition) is 3. The monoisotopic (exact) mass is 287 g/mol. The number of nitrogens with zero attached hydrogens (tertiary/aromatic N) is 3. The average molecular weight is 288 g/mol. The van der Waals surface area contributed by atoms with E-state index in [1.165, 1.54) is 11.3 Å². The lowest BCUT2D eigenvalue weighted by Gasteiger charge is -2.37. The van der Waals surface area contributed by atoms with Crippen LogP contribution in [0.4, 0.5) is 11.5 Å². The Morgan fingerprint density at radius 2 is 1.65 bits per heavy atom. The molecule has 104 valence electrons. The van der Waals surface area contributed by atoms with E-state index in [9.17, 15) is 0 Å². The molecule has 3 rings (SSSR count). The molecule has 1 aliphatic rings. The molecule has 0 saturated carbocycles. The molecular weight excluding hydrogens is 270 g/mol. The molecule has 1 aromatic carbocycles. The van der Waals surface area contributed by atoms with Crippen molar-refractivity contribution >= 4 is 23.1 Å². The normalized spacial score (nSPS) is 15.5. The number of halogens is 1. The van der Waals surface area contributed by atoms with Gasteiger partial charge in [0.15, 0.2) is 0 Å². The van der Waals surface area contributed by atoms with Gasteiger partial charge in [0, 0.05) is 38.1 Å². The number of pyridine rings is 1. The van der Waals surface area contributed by atoms with E-state index >= 15 is 0 Å². The van der Waals surface area contributed by atoms with Crippen molar-refractivity contribution in [2.75, 3.05) is 36.0 Å². The lowest BCUT2D eigenvalue weighted by molar-refractivity contribution is 0.646. The standard InChI is InChI=1S/C16H18ClN3/c1-13-5-2-3-7-15(13)19-9-11-20(12-10-19)16-14(17)6-4-8-18-16/h2-8H,9-12H2,1H3. The molecule has 4 heteroatoms. The second-order valence-electron chi connectivity index (χ2n) is 5.07. The maximum atomic E-state index is 6.22. The van der Waals surface area contributed by atoms with Crippen LogP contribution in [0.15, 0.2) is 42.6 Å². The zero-order chi connectivity index (χ0) is 13.9. The maximum Gasteiger partial charge on any atom is 0.147 e. The molecule has 0 spiro atoms. The molecule has 0 N–H and O–H groups in total. The number of anilines is 2. The van der Waals surface area contributed by atoms with Gasteiger partial charge in [-0.1, -0.05) is 29.8 Å². The van der Waals surface area contributed by atoms with Gasteiger partial charge < -0.3 is 9.80 Å². The number of aryl methyl sites for hydroxylation is 1. The van der Waals surface area contributed by atoms with Crippen LogP contribution in [-0.4, -0.2) is 31.2 Å². The van der Waals surface area contributed by atoms with Gasteiger partial charge >= 0.3 is 0 Å². The van der Waals surface area contributed by atoms with Gasteiger partial charge in [0.25, 0.3) is 0 Å². The second kappa shape index (κ2) is 5.71. The summed E-state index contributed by atoms with van der Waals surface area (Å²) in [5.74, 6) is 0.901. The molecule has 1 saturated heterocycles. The van der Waals surface area contributed by atoms with E-state index in [-0.39, 0.29) is 0 Å². The molecule has 1 fully saturated rings. The molecular formula is C16H18ClN3. The van der Waals surface area contributed by atoms with Gasteiger partial charge in [-0.25, -0.2) is 4.98 Å². The fourth-order valence-corrected chi connectivity index (χ4v) is 2.93. The van der Waals surface area contributed by atoms with Gasteiger partial charge in [0.1, 0.15) is 5.82 Å². The van der Waals surface area contributed by atoms with Crippen LogP contribution in [0.1, 0.15) is 5.56 Å². The molecule has 0 bridgehead atoms. The Hall–Kier alpha value is -1.74. The van der Waals surface area contributed by atoms with Crippen LogP contribution in [0, 0.1) is 6.92 Å². The van der Waals surface area contributed by atoms with E-state index in [0.717, 1.165) is 37.0 Å². The van der Waals surface area contributed by atoms with Crippen LogP contribution in [0.2, 0.25) is 5.02 Å². The van der Waals surface area contributed by atoms with Gasteiger partial charge in [-0.15, -0.1) is 0 Å². The third-order valence-electron chi connectivity index (χ3n) is 3.77. The molecule has 1 aromatic heterocycles. The summed E-state index contributed by atoms with van der Waals surface area (Å²) in [5, 5.41) is 0.733. The molecule has 2 aromatic rings. The zero-order valence-electron chi connectivity index (χ0n) is 11.6. The minimum Gasteiger partial charge on any atom is -0.368 e. The Labute approximate surface area is 124 Å². The van der Waals surface area contributed by atoms with Crippen molar-refractivity contribution in [1.29, 1.82) is 0 Å². The summed E-state index contributed by atoms with van der Waals surface area (Å²) in [6.45, 7) is 6.06. The number of aromatic nitrogens is 1. The van der Waals surface area contributed by atoms with E-state index in [1.54, 1.807) is 6.20 Å². The third-order valence-corrected chi connectivity index (χ3v) is 4.07. The summed E-state index contributed by atoms with van der Waals surface area (Å²) in [4.78, 5) is 9.09. The zero-order valence-corrected chi connectivity index (χ0v) is 12.3. The number of para-hydroxylation sites is 1. The first-order valence-electron chi connectivity index (χ1n) is 6.92. The van der Waals surface area contributed by atoms with Gasteiger partial charge in [-0.05, 0) is 30.7 Å². The smallest absolute Gasteiger partial charge is 0.147 e. The summed E-state index contributed by atoms with van der Waals surface area (Å²) in [7, 11) is 0. The van der Waals surface area contributed by atoms with E-state index in [2.05, 4.69) is 46.0 Å². The van der Waals surface area contributed by atoms with Crippen LogP contribution in [0.3, 0.4) is 0 Å². The van der Waals surface area contributed by atoms with Crippen LogP contribution < -0.4 is 9.80 Å². The number of piperazine rings is 1. The first-order valence-corrected chi connectivity index (χ1v) is 7.29. The Bertz CT molecular complexity index is 538. The van der Waals surface area contributed by atoms with E-state index in [1.807, 2.05) is 12.1 Å². The van der Waals surface area contributed by atoms with Gasteiger partial charge in [0.05, 0.1) is 5.02 Å². The fraction of sp³-hybridized carbons (Fsp3) is 0.312. The van der Waals surface area contributed by atoms with E-state index in [0.29, 0.717) is 0 Å². The Morgan fingerprint density at radius 1 is 0.950 bits per heavy atom. The Morgan fingerprint density at radius 3 is 2.35 bits per heavy atom. The predicted molar refractivity (Wildman–Crippen MR) is 84.9 cm³/mol. The van der Waals surface area contributed by atoms with Crippen molar-refractivity contribution in [3.8, 4) is 0 Å². The third kappa shape index (κ3) is 2.59. The molecule has 0 amide bonds. The first-order chi connectivity index (χ1) is 9.75. The largest absolute Gasteiger partial charge is 0.368 e. The number of hydrogen-bond donors (Lipinski definition) is 0. The average Bonchev–Trinajstić information content (AvgIpc) is 2.49. The highest BCUT2D eigenvalue weighted by molar-refractivity contribution is 6.32. The Balaban J connectivity index is 1.72. The molecule has 0 radical (unpaired) electrons. The van der Waals surface area contributed by atoms with Crippen LogP contribution >= 0.6 is 11.6 Å². The quantitative estimate of drug-likeness (QED) is 0.844. The summed E-state index contributed by atoms with van der Waals surface area (Å²) in [5.41, 5.74) is 2.66. The first kappa shape index (κ1) is 13.3. The minimum absolute atomic E-state index is 0.733. The van der Waals surface area contributed by atoms with Crippen molar-refractivity contribution < 1.29 is 0 Å².